The fourth-order valence-corrected chi connectivity index (χ4v) is 6.41. The Hall–Kier alpha value is -2.60. The van der Waals surface area contributed by atoms with Crippen molar-refractivity contribution in [2.45, 2.75) is 78.0 Å². The maximum atomic E-state index is 13.6. The highest BCUT2D eigenvalue weighted by atomic mass is 16.7. The molecule has 1 unspecified atom stereocenters. The Bertz CT molecular complexity index is 1140. The summed E-state index contributed by atoms with van der Waals surface area (Å²) in [6.45, 7) is 9.02. The van der Waals surface area contributed by atoms with Crippen molar-refractivity contribution >= 4 is 11.7 Å². The zero-order chi connectivity index (χ0) is 25.1. The van der Waals surface area contributed by atoms with Gasteiger partial charge < -0.3 is 19.3 Å². The van der Waals surface area contributed by atoms with Crippen LogP contribution in [0.1, 0.15) is 74.4 Å². The molecule has 6 nitrogen and oxygen atoms in total. The number of amides is 1. The molecule has 1 amide bonds. The minimum atomic E-state index is -0.697. The number of ether oxygens (including phenoxy) is 2. The van der Waals surface area contributed by atoms with Crippen molar-refractivity contribution in [2.75, 3.05) is 27.2 Å². The first-order valence-corrected chi connectivity index (χ1v) is 13.0. The number of fused-ring (bicyclic) bond motifs is 2. The predicted octanol–water partition coefficient (Wildman–Crippen LogP) is 4.84. The molecule has 4 aliphatic rings. The summed E-state index contributed by atoms with van der Waals surface area (Å²) in [5.74, 6) is 1.19. The van der Waals surface area contributed by atoms with Gasteiger partial charge in [-0.25, -0.2) is 0 Å². The largest absolute Gasteiger partial charge is 0.448 e. The molecule has 2 aliphatic carbocycles. The summed E-state index contributed by atoms with van der Waals surface area (Å²) in [5, 5.41) is 0. The highest BCUT2D eigenvalue weighted by Crippen LogP contribution is 2.50. The number of Topliss-reactive ketones (excluding diaryl/α,β-unsaturated/α-hetero) is 1. The van der Waals surface area contributed by atoms with Crippen LogP contribution in [0, 0.1) is 12.8 Å². The zero-order valence-electron chi connectivity index (χ0n) is 22.0. The van der Waals surface area contributed by atoms with Crippen LogP contribution in [0.25, 0.3) is 0 Å². The van der Waals surface area contributed by atoms with Crippen LogP contribution >= 0.6 is 0 Å². The normalized spacial score (nSPS) is 28.5. The third-order valence-electron chi connectivity index (χ3n) is 8.62. The molecule has 0 saturated heterocycles. The van der Waals surface area contributed by atoms with Gasteiger partial charge in [0.05, 0.1) is 0 Å². The van der Waals surface area contributed by atoms with Gasteiger partial charge in [-0.15, -0.1) is 0 Å². The maximum Gasteiger partial charge on any atom is 0.254 e. The van der Waals surface area contributed by atoms with Gasteiger partial charge in [0.25, 0.3) is 11.7 Å². The van der Waals surface area contributed by atoms with E-state index in [9.17, 15) is 9.59 Å². The van der Waals surface area contributed by atoms with Crippen molar-refractivity contribution in [1.82, 2.24) is 9.80 Å². The first kappa shape index (κ1) is 24.1. The maximum absolute atomic E-state index is 13.6. The molecular weight excluding hydrogens is 440 g/mol. The van der Waals surface area contributed by atoms with E-state index in [2.05, 4.69) is 32.0 Å². The topological polar surface area (TPSA) is 59.1 Å². The molecule has 0 N–H and O–H groups in total. The van der Waals surface area contributed by atoms with Crippen molar-refractivity contribution in [3.63, 3.8) is 0 Å². The first-order valence-electron chi connectivity index (χ1n) is 13.0. The molecule has 0 radical (unpaired) electrons. The molecule has 0 aromatic heterocycles. The summed E-state index contributed by atoms with van der Waals surface area (Å²) in [6, 6.07) is 2.50. The highest BCUT2D eigenvalue weighted by molar-refractivity contribution is 6.02. The SMILES string of the molecule is CC1=CC(C)=C(CN2CCc3c(cc4c(c3C)OC(C)(C3CCC(N(C)C)CC3)O4)C2=O)C(=O)C1. The molecule has 2 heterocycles. The fourth-order valence-electron chi connectivity index (χ4n) is 6.41. The number of hydrogen-bond donors (Lipinski definition) is 0. The van der Waals surface area contributed by atoms with Gasteiger partial charge in [0.2, 0.25) is 0 Å². The molecule has 1 aromatic rings. The Morgan fingerprint density at radius 3 is 2.46 bits per heavy atom. The van der Waals surface area contributed by atoms with Crippen molar-refractivity contribution in [3.8, 4) is 11.5 Å². The van der Waals surface area contributed by atoms with Gasteiger partial charge in [-0.2, -0.15) is 0 Å². The van der Waals surface area contributed by atoms with Gasteiger partial charge in [0.1, 0.15) is 0 Å². The molecule has 35 heavy (non-hydrogen) atoms. The number of nitrogens with zero attached hydrogens (tertiary/aromatic N) is 2. The van der Waals surface area contributed by atoms with Crippen molar-refractivity contribution in [2.24, 2.45) is 5.92 Å². The Morgan fingerprint density at radius 1 is 1.09 bits per heavy atom. The number of hydrogen-bond acceptors (Lipinski definition) is 5. The van der Waals surface area contributed by atoms with Crippen LogP contribution in [0.3, 0.4) is 0 Å². The lowest BCUT2D eigenvalue weighted by Gasteiger charge is -2.39. The summed E-state index contributed by atoms with van der Waals surface area (Å²) in [4.78, 5) is 30.3. The van der Waals surface area contributed by atoms with E-state index in [1.165, 1.54) is 0 Å². The Kier molecular flexibility index (Phi) is 6.07. The van der Waals surface area contributed by atoms with Crippen LogP contribution in [0.4, 0.5) is 0 Å². The third kappa shape index (κ3) is 4.20. The Balaban J connectivity index is 1.37. The van der Waals surface area contributed by atoms with E-state index in [1.807, 2.05) is 31.7 Å². The molecule has 2 aliphatic heterocycles. The number of benzene rings is 1. The second kappa shape index (κ2) is 8.81. The van der Waals surface area contributed by atoms with E-state index in [4.69, 9.17) is 9.47 Å². The smallest absolute Gasteiger partial charge is 0.254 e. The molecule has 1 aromatic carbocycles. The monoisotopic (exact) mass is 478 g/mol. The van der Waals surface area contributed by atoms with E-state index >= 15 is 0 Å². The minimum Gasteiger partial charge on any atom is -0.448 e. The molecule has 0 spiro atoms. The average Bonchev–Trinajstić information content (AvgIpc) is 3.16. The molecule has 1 atom stereocenters. The van der Waals surface area contributed by atoms with Crippen LogP contribution in [-0.4, -0.2) is 60.5 Å². The van der Waals surface area contributed by atoms with Crippen molar-refractivity contribution in [1.29, 1.82) is 0 Å². The lowest BCUT2D eigenvalue weighted by molar-refractivity contribution is -0.123. The minimum absolute atomic E-state index is 0.0276. The molecule has 1 fully saturated rings. The van der Waals surface area contributed by atoms with E-state index in [0.29, 0.717) is 42.8 Å². The summed E-state index contributed by atoms with van der Waals surface area (Å²) >= 11 is 0. The number of carbonyl (C=O) groups excluding carboxylic acids is 2. The van der Waals surface area contributed by atoms with E-state index in [1.54, 1.807) is 0 Å². The molecule has 1 saturated carbocycles. The summed E-state index contributed by atoms with van der Waals surface area (Å²) < 4.78 is 13.0. The van der Waals surface area contributed by atoms with Gasteiger partial charge in [0.15, 0.2) is 17.3 Å². The van der Waals surface area contributed by atoms with Crippen molar-refractivity contribution < 1.29 is 19.1 Å². The zero-order valence-corrected chi connectivity index (χ0v) is 22.0. The van der Waals surface area contributed by atoms with E-state index in [0.717, 1.165) is 65.7 Å². The molecule has 188 valence electrons. The van der Waals surface area contributed by atoms with Crippen LogP contribution in [0.2, 0.25) is 0 Å². The van der Waals surface area contributed by atoms with Gasteiger partial charge in [0, 0.05) is 49.5 Å². The number of carbonyl (C=O) groups is 2. The Morgan fingerprint density at radius 2 is 1.80 bits per heavy atom. The van der Waals surface area contributed by atoms with Gasteiger partial charge in [-0.3, -0.25) is 9.59 Å². The number of ketones is 1. The number of rotatable bonds is 4. The lowest BCUT2D eigenvalue weighted by Crippen LogP contribution is -2.46. The molecule has 5 rings (SSSR count). The second-order valence-electron chi connectivity index (χ2n) is 11.3. The lowest BCUT2D eigenvalue weighted by atomic mass is 9.81. The van der Waals surface area contributed by atoms with Gasteiger partial charge in [-0.05, 0) is 89.7 Å². The Labute approximate surface area is 208 Å². The molecule has 6 heteroatoms. The quantitative estimate of drug-likeness (QED) is 0.620. The van der Waals surface area contributed by atoms with Gasteiger partial charge >= 0.3 is 0 Å². The van der Waals surface area contributed by atoms with E-state index in [-0.39, 0.29) is 11.7 Å². The molecular formula is C29H38N2O4. The standard InChI is InChI=1S/C29H38N2O4/c1-17-13-18(2)24(25(32)14-17)16-31-12-11-22-19(3)27-26(15-23(22)28(31)33)34-29(4,35-27)20-7-9-21(10-8-20)30(5)6/h13,15,20-21H,7-12,14,16H2,1-6H3. The summed E-state index contributed by atoms with van der Waals surface area (Å²) in [6.07, 6.45) is 7.67. The predicted molar refractivity (Wildman–Crippen MR) is 136 cm³/mol. The van der Waals surface area contributed by atoms with Gasteiger partial charge in [-0.1, -0.05) is 11.6 Å². The summed E-state index contributed by atoms with van der Waals surface area (Å²) in [5.41, 5.74) is 5.55. The second-order valence-corrected chi connectivity index (χ2v) is 11.3. The summed E-state index contributed by atoms with van der Waals surface area (Å²) in [7, 11) is 4.30. The average molecular weight is 479 g/mol. The van der Waals surface area contributed by atoms with Crippen LogP contribution in [0.15, 0.2) is 28.9 Å². The molecule has 0 bridgehead atoms. The van der Waals surface area contributed by atoms with E-state index < -0.39 is 5.79 Å². The van der Waals surface area contributed by atoms with Crippen LogP contribution in [0.5, 0.6) is 11.5 Å². The fraction of sp³-hybridized carbons (Fsp3) is 0.586. The highest BCUT2D eigenvalue weighted by Gasteiger charge is 2.47. The van der Waals surface area contributed by atoms with Crippen LogP contribution in [-0.2, 0) is 11.2 Å². The van der Waals surface area contributed by atoms with Crippen molar-refractivity contribution in [3.05, 3.63) is 45.6 Å². The first-order chi connectivity index (χ1) is 16.6. The van der Waals surface area contributed by atoms with Crippen LogP contribution < -0.4 is 9.47 Å². The third-order valence-corrected chi connectivity index (χ3v) is 8.62. The number of allylic oxidation sites excluding steroid dienone is 3.